The van der Waals surface area contributed by atoms with Crippen molar-refractivity contribution in [3.8, 4) is 11.1 Å². The molecule has 0 aromatic heterocycles. The minimum Gasteiger partial charge on any atom is -0.465 e. The lowest BCUT2D eigenvalue weighted by molar-refractivity contribution is -0.148. The van der Waals surface area contributed by atoms with Crippen LogP contribution in [0.2, 0.25) is 0 Å². The molecule has 6 nitrogen and oxygen atoms in total. The van der Waals surface area contributed by atoms with Gasteiger partial charge in [-0.25, -0.2) is 8.42 Å². The Kier molecular flexibility index (Phi) is 5.91. The first-order chi connectivity index (χ1) is 14.9. The van der Waals surface area contributed by atoms with Crippen molar-refractivity contribution in [1.82, 2.24) is 4.72 Å². The molecule has 7 heteroatoms. The monoisotopic (exact) mass is 437 g/mol. The molecule has 0 unspecified atom stereocenters. The van der Waals surface area contributed by atoms with Gasteiger partial charge < -0.3 is 9.84 Å². The van der Waals surface area contributed by atoms with Gasteiger partial charge in [0.2, 0.25) is 10.0 Å². The number of carbonyl (C=O) groups is 1. The van der Waals surface area contributed by atoms with Crippen LogP contribution in [0.5, 0.6) is 0 Å². The summed E-state index contributed by atoms with van der Waals surface area (Å²) < 4.78 is 33.6. The number of nitrogens with one attached hydrogen (secondary N) is 1. The van der Waals surface area contributed by atoms with Crippen LogP contribution in [-0.2, 0) is 26.0 Å². The van der Waals surface area contributed by atoms with Gasteiger partial charge in [-0.2, -0.15) is 4.72 Å². The highest BCUT2D eigenvalue weighted by atomic mass is 32.2. The lowest BCUT2D eigenvalue weighted by Gasteiger charge is -2.23. The van der Waals surface area contributed by atoms with Crippen molar-refractivity contribution in [1.29, 1.82) is 0 Å². The second-order valence-electron chi connectivity index (χ2n) is 7.36. The van der Waals surface area contributed by atoms with Crippen LogP contribution in [0.25, 0.3) is 11.1 Å². The molecule has 2 N–H and O–H groups in total. The number of esters is 1. The van der Waals surface area contributed by atoms with Gasteiger partial charge in [0.15, 0.2) is 0 Å². The molecule has 0 saturated heterocycles. The van der Waals surface area contributed by atoms with E-state index in [0.29, 0.717) is 12.0 Å². The van der Waals surface area contributed by atoms with Crippen LogP contribution < -0.4 is 4.72 Å². The Morgan fingerprint density at radius 2 is 1.68 bits per heavy atom. The average molecular weight is 438 g/mol. The summed E-state index contributed by atoms with van der Waals surface area (Å²) >= 11 is 0. The van der Waals surface area contributed by atoms with Gasteiger partial charge in [0.05, 0.1) is 11.5 Å². The van der Waals surface area contributed by atoms with E-state index in [0.717, 1.165) is 22.3 Å². The van der Waals surface area contributed by atoms with Gasteiger partial charge in [-0.3, -0.25) is 4.79 Å². The van der Waals surface area contributed by atoms with Crippen molar-refractivity contribution in [2.24, 2.45) is 0 Å². The molecule has 0 radical (unpaired) electrons. The largest absolute Gasteiger partial charge is 0.465 e. The standard InChI is InChI=1S/C24H23NO5S/c1-2-30-24(27)22(23(26)16-8-4-3-5-9-16)25-31(28,29)19-12-13-21-18(15-19)14-17-10-6-7-11-20(17)21/h3-13,15,22-23,25-26H,2,14H2,1H3/t22-,23+/m1/s1. The van der Waals surface area contributed by atoms with Crippen LogP contribution in [0, 0.1) is 0 Å². The molecule has 3 aromatic rings. The Bertz CT molecular complexity index is 1210. The topological polar surface area (TPSA) is 92.7 Å². The van der Waals surface area contributed by atoms with E-state index >= 15 is 0 Å². The van der Waals surface area contributed by atoms with Gasteiger partial charge in [-0.05, 0) is 53.3 Å². The summed E-state index contributed by atoms with van der Waals surface area (Å²) in [6.45, 7) is 1.69. The van der Waals surface area contributed by atoms with Gasteiger partial charge in [0.25, 0.3) is 0 Å². The molecule has 2 atom stereocenters. The molecule has 4 rings (SSSR count). The summed E-state index contributed by atoms with van der Waals surface area (Å²) in [5.74, 6) is -0.837. The van der Waals surface area contributed by atoms with Crippen LogP contribution >= 0.6 is 0 Å². The molecule has 0 aliphatic heterocycles. The van der Waals surface area contributed by atoms with E-state index in [9.17, 15) is 18.3 Å². The van der Waals surface area contributed by atoms with E-state index in [2.05, 4.69) is 4.72 Å². The Morgan fingerprint density at radius 1 is 1.00 bits per heavy atom. The molecule has 1 aliphatic rings. The molecule has 160 valence electrons. The maximum absolute atomic E-state index is 13.1. The molecule has 0 amide bonds. The molecule has 31 heavy (non-hydrogen) atoms. The highest BCUT2D eigenvalue weighted by Gasteiger charge is 2.34. The van der Waals surface area contributed by atoms with Crippen LogP contribution in [0.4, 0.5) is 0 Å². The Balaban J connectivity index is 1.64. The highest BCUT2D eigenvalue weighted by molar-refractivity contribution is 7.89. The lowest BCUT2D eigenvalue weighted by Crippen LogP contribution is -2.45. The summed E-state index contributed by atoms with van der Waals surface area (Å²) in [5, 5.41) is 10.7. The number of rotatable bonds is 7. The quantitative estimate of drug-likeness (QED) is 0.433. The second kappa shape index (κ2) is 8.63. The number of aliphatic hydroxyl groups excluding tert-OH is 1. The Morgan fingerprint density at radius 3 is 2.42 bits per heavy atom. The molecule has 0 heterocycles. The highest BCUT2D eigenvalue weighted by Crippen LogP contribution is 2.37. The molecule has 3 aromatic carbocycles. The van der Waals surface area contributed by atoms with E-state index in [1.807, 2.05) is 24.3 Å². The minimum absolute atomic E-state index is 0.0358. The number of carbonyl (C=O) groups excluding carboxylic acids is 1. The van der Waals surface area contributed by atoms with E-state index in [1.165, 1.54) is 6.07 Å². The summed E-state index contributed by atoms with van der Waals surface area (Å²) in [6, 6.07) is 19.8. The summed E-state index contributed by atoms with van der Waals surface area (Å²) in [6.07, 6.45) is -0.753. The predicted octanol–water partition coefficient (Wildman–Crippen LogP) is 3.20. The zero-order valence-electron chi connectivity index (χ0n) is 17.0. The number of sulfonamides is 1. The zero-order valence-corrected chi connectivity index (χ0v) is 17.8. The third-order valence-electron chi connectivity index (χ3n) is 5.35. The van der Waals surface area contributed by atoms with Gasteiger partial charge in [-0.1, -0.05) is 60.7 Å². The fourth-order valence-electron chi connectivity index (χ4n) is 3.84. The van der Waals surface area contributed by atoms with Gasteiger partial charge in [-0.15, -0.1) is 0 Å². The summed E-state index contributed by atoms with van der Waals surface area (Å²) in [7, 11) is -4.10. The third-order valence-corrected chi connectivity index (χ3v) is 6.79. The molecule has 0 spiro atoms. The first kappa shape index (κ1) is 21.2. The maximum Gasteiger partial charge on any atom is 0.327 e. The first-order valence-electron chi connectivity index (χ1n) is 10.0. The number of hydrogen-bond acceptors (Lipinski definition) is 5. The Labute approximate surface area is 181 Å². The number of benzene rings is 3. The summed E-state index contributed by atoms with van der Waals surface area (Å²) in [4.78, 5) is 12.5. The van der Waals surface area contributed by atoms with Crippen LogP contribution in [0.1, 0.15) is 29.7 Å². The SMILES string of the molecule is CCOC(=O)[C@H](NS(=O)(=O)c1ccc2c(c1)Cc1ccccc1-2)[C@@H](O)c1ccccc1. The second-order valence-corrected chi connectivity index (χ2v) is 9.07. The third kappa shape index (κ3) is 4.25. The maximum atomic E-state index is 13.1. The zero-order chi connectivity index (χ0) is 22.0. The predicted molar refractivity (Wildman–Crippen MR) is 117 cm³/mol. The first-order valence-corrected chi connectivity index (χ1v) is 11.5. The van der Waals surface area contributed by atoms with E-state index < -0.39 is 28.1 Å². The minimum atomic E-state index is -4.10. The number of aliphatic hydroxyl groups is 1. The molecular formula is C24H23NO5S. The number of ether oxygens (including phenoxy) is 1. The van der Waals surface area contributed by atoms with Crippen molar-refractivity contribution in [2.75, 3.05) is 6.61 Å². The van der Waals surface area contributed by atoms with Crippen molar-refractivity contribution < 1.29 is 23.1 Å². The van der Waals surface area contributed by atoms with Crippen molar-refractivity contribution in [3.05, 3.63) is 89.5 Å². The average Bonchev–Trinajstić information content (AvgIpc) is 3.15. The molecule has 0 bridgehead atoms. The van der Waals surface area contributed by atoms with E-state index in [-0.39, 0.29) is 11.5 Å². The van der Waals surface area contributed by atoms with Crippen molar-refractivity contribution in [2.45, 2.75) is 30.4 Å². The fourth-order valence-corrected chi connectivity index (χ4v) is 5.08. The van der Waals surface area contributed by atoms with Crippen LogP contribution in [-0.4, -0.2) is 32.1 Å². The van der Waals surface area contributed by atoms with Crippen molar-refractivity contribution in [3.63, 3.8) is 0 Å². The number of hydrogen-bond donors (Lipinski definition) is 2. The molecule has 0 fully saturated rings. The van der Waals surface area contributed by atoms with Crippen LogP contribution in [0.15, 0.2) is 77.7 Å². The van der Waals surface area contributed by atoms with E-state index in [4.69, 9.17) is 4.74 Å². The fraction of sp³-hybridized carbons (Fsp3) is 0.208. The summed E-state index contributed by atoms with van der Waals surface area (Å²) in [5.41, 5.74) is 4.55. The number of fused-ring (bicyclic) bond motifs is 3. The normalized spacial score (nSPS) is 14.4. The van der Waals surface area contributed by atoms with Gasteiger partial charge in [0, 0.05) is 0 Å². The lowest BCUT2D eigenvalue weighted by atomic mass is 10.0. The Hall–Kier alpha value is -3.00. The van der Waals surface area contributed by atoms with Crippen LogP contribution in [0.3, 0.4) is 0 Å². The van der Waals surface area contributed by atoms with Gasteiger partial charge >= 0.3 is 5.97 Å². The van der Waals surface area contributed by atoms with Gasteiger partial charge in [0.1, 0.15) is 12.1 Å². The molecule has 1 aliphatic carbocycles. The van der Waals surface area contributed by atoms with Crippen molar-refractivity contribution >= 4 is 16.0 Å². The molecular weight excluding hydrogens is 414 g/mol. The van der Waals surface area contributed by atoms with E-state index in [1.54, 1.807) is 49.4 Å². The smallest absolute Gasteiger partial charge is 0.327 e. The molecule has 0 saturated carbocycles.